The summed E-state index contributed by atoms with van der Waals surface area (Å²) < 4.78 is 5.65. The molecule has 2 rings (SSSR count). The molecule has 1 aliphatic heterocycles. The van der Waals surface area contributed by atoms with Crippen LogP contribution >= 0.6 is 0 Å². The highest BCUT2D eigenvalue weighted by molar-refractivity contribution is 5.96. The summed E-state index contributed by atoms with van der Waals surface area (Å²) in [5.74, 6) is -0.234. The molecule has 8 nitrogen and oxygen atoms in total. The Kier molecular flexibility index (Phi) is 7.82. The molecule has 0 spiro atoms. The molecule has 0 atom stereocenters. The van der Waals surface area contributed by atoms with Gasteiger partial charge in [0.1, 0.15) is 11.8 Å². The number of hydrogen-bond donors (Lipinski definition) is 2. The summed E-state index contributed by atoms with van der Waals surface area (Å²) in [6.45, 7) is 4.80. The molecule has 1 aromatic rings. The highest BCUT2D eigenvalue weighted by Crippen LogP contribution is 2.05. The molecule has 1 amide bonds. The molecule has 0 aliphatic carbocycles. The van der Waals surface area contributed by atoms with E-state index in [4.69, 9.17) is 10.00 Å². The van der Waals surface area contributed by atoms with Gasteiger partial charge in [-0.15, -0.1) is 0 Å². The minimum atomic E-state index is -0.358. The Morgan fingerprint density at radius 3 is 3.04 bits per heavy atom. The molecule has 1 aliphatic rings. The predicted molar refractivity (Wildman–Crippen MR) is 94.6 cm³/mol. The van der Waals surface area contributed by atoms with Crippen molar-refractivity contribution in [3.63, 3.8) is 0 Å². The van der Waals surface area contributed by atoms with Crippen LogP contribution in [0, 0.1) is 11.3 Å². The Morgan fingerprint density at radius 2 is 2.36 bits per heavy atom. The number of ether oxygens (including phenoxy) is 1. The zero-order valence-corrected chi connectivity index (χ0v) is 14.5. The number of carbonyl (C=O) groups is 1. The normalized spacial score (nSPS) is 15.6. The molecule has 0 radical (unpaired) electrons. The van der Waals surface area contributed by atoms with E-state index in [1.54, 1.807) is 13.1 Å². The number of rotatable bonds is 9. The fourth-order valence-corrected chi connectivity index (χ4v) is 2.49. The smallest absolute Gasteiger partial charge is 0.287 e. The predicted octanol–water partition coefficient (Wildman–Crippen LogP) is 0.751. The molecular formula is C17H24N6O2. The van der Waals surface area contributed by atoms with Crippen LogP contribution in [0.3, 0.4) is 0 Å². The summed E-state index contributed by atoms with van der Waals surface area (Å²) in [5, 5.41) is 11.4. The second kappa shape index (κ2) is 10.4. The van der Waals surface area contributed by atoms with Crippen molar-refractivity contribution in [2.75, 3.05) is 46.4 Å². The molecule has 1 fully saturated rings. The average Bonchev–Trinajstić information content (AvgIpc) is 3.31. The van der Waals surface area contributed by atoms with Crippen LogP contribution in [0.5, 0.6) is 0 Å². The van der Waals surface area contributed by atoms with E-state index in [9.17, 15) is 4.79 Å². The first kappa shape index (κ1) is 18.8. The monoisotopic (exact) mass is 344 g/mol. The highest BCUT2D eigenvalue weighted by Gasteiger charge is 2.10. The van der Waals surface area contributed by atoms with E-state index in [1.807, 2.05) is 12.1 Å². The summed E-state index contributed by atoms with van der Waals surface area (Å²) in [5.41, 5.74) is 1.08. The van der Waals surface area contributed by atoms with Crippen LogP contribution < -0.4 is 5.32 Å². The Balaban J connectivity index is 1.63. The van der Waals surface area contributed by atoms with Crippen molar-refractivity contribution in [1.29, 1.82) is 5.26 Å². The van der Waals surface area contributed by atoms with Gasteiger partial charge in [0.2, 0.25) is 0 Å². The summed E-state index contributed by atoms with van der Waals surface area (Å²) in [4.78, 5) is 24.9. The van der Waals surface area contributed by atoms with Gasteiger partial charge in [0.25, 0.3) is 5.91 Å². The van der Waals surface area contributed by atoms with Gasteiger partial charge in [-0.2, -0.15) is 5.26 Å². The SMILES string of the molecule is CN=C(/C=C\CNC(=O)c1ncc(C#N)[nH]1)COCCN1CCCC1. The van der Waals surface area contributed by atoms with Crippen molar-refractivity contribution in [2.45, 2.75) is 12.8 Å². The van der Waals surface area contributed by atoms with Crippen LogP contribution in [-0.2, 0) is 4.74 Å². The Morgan fingerprint density at radius 1 is 1.56 bits per heavy atom. The minimum absolute atomic E-state index is 0.125. The standard InChI is InChI=1S/C17H24N6O2/c1-19-14(13-25-10-9-23-7-2-3-8-23)5-4-6-20-17(24)16-21-12-15(11-18)22-16/h4-5,12H,2-3,6-10,13H2,1H3,(H,20,24)(H,21,22)/b5-4-,19-14?. The lowest BCUT2D eigenvalue weighted by Crippen LogP contribution is -2.25. The van der Waals surface area contributed by atoms with Crippen molar-refractivity contribution >= 4 is 11.6 Å². The zero-order valence-electron chi connectivity index (χ0n) is 14.5. The van der Waals surface area contributed by atoms with E-state index in [0.29, 0.717) is 19.8 Å². The van der Waals surface area contributed by atoms with Crippen LogP contribution in [0.4, 0.5) is 0 Å². The van der Waals surface area contributed by atoms with Gasteiger partial charge in [0, 0.05) is 20.1 Å². The third-order valence-electron chi connectivity index (χ3n) is 3.89. The quantitative estimate of drug-likeness (QED) is 0.508. The first-order valence-corrected chi connectivity index (χ1v) is 8.38. The van der Waals surface area contributed by atoms with Crippen LogP contribution in [0.1, 0.15) is 29.2 Å². The maximum Gasteiger partial charge on any atom is 0.287 e. The van der Waals surface area contributed by atoms with E-state index in [0.717, 1.165) is 12.3 Å². The molecule has 0 saturated carbocycles. The van der Waals surface area contributed by atoms with E-state index in [2.05, 4.69) is 25.2 Å². The molecule has 134 valence electrons. The number of carbonyl (C=O) groups excluding carboxylic acids is 1. The van der Waals surface area contributed by atoms with Gasteiger partial charge in [-0.1, -0.05) is 6.08 Å². The molecule has 0 aromatic carbocycles. The van der Waals surface area contributed by atoms with Gasteiger partial charge in [0.05, 0.1) is 25.1 Å². The van der Waals surface area contributed by atoms with Gasteiger partial charge in [-0.3, -0.25) is 9.79 Å². The van der Waals surface area contributed by atoms with Gasteiger partial charge < -0.3 is 19.9 Å². The van der Waals surface area contributed by atoms with Gasteiger partial charge in [-0.05, 0) is 32.0 Å². The summed E-state index contributed by atoms with van der Waals surface area (Å²) in [7, 11) is 1.72. The molecule has 25 heavy (non-hydrogen) atoms. The average molecular weight is 344 g/mol. The molecule has 2 N–H and O–H groups in total. The second-order valence-corrected chi connectivity index (χ2v) is 5.69. The van der Waals surface area contributed by atoms with Crippen molar-refractivity contribution in [3.05, 3.63) is 29.9 Å². The lowest BCUT2D eigenvalue weighted by molar-refractivity contribution is 0.0948. The molecule has 1 aromatic heterocycles. The second-order valence-electron chi connectivity index (χ2n) is 5.69. The molecule has 8 heteroatoms. The Bertz CT molecular complexity index is 652. The van der Waals surface area contributed by atoms with Gasteiger partial charge in [0.15, 0.2) is 5.82 Å². The van der Waals surface area contributed by atoms with Crippen molar-refractivity contribution < 1.29 is 9.53 Å². The first-order valence-electron chi connectivity index (χ1n) is 8.38. The lowest BCUT2D eigenvalue weighted by Gasteiger charge is -2.14. The van der Waals surface area contributed by atoms with Crippen molar-refractivity contribution in [2.24, 2.45) is 4.99 Å². The van der Waals surface area contributed by atoms with Crippen molar-refractivity contribution in [3.8, 4) is 6.07 Å². The molecule has 0 bridgehead atoms. The number of nitrogens with zero attached hydrogens (tertiary/aromatic N) is 4. The third kappa shape index (κ3) is 6.49. The number of hydrogen-bond acceptors (Lipinski definition) is 6. The first-order chi connectivity index (χ1) is 12.2. The number of amides is 1. The number of aliphatic imine (C=N–C) groups is 1. The number of nitriles is 1. The number of aromatic amines is 1. The zero-order chi connectivity index (χ0) is 17.9. The number of H-pyrrole nitrogens is 1. The Labute approximate surface area is 147 Å². The number of nitrogens with one attached hydrogen (secondary N) is 2. The van der Waals surface area contributed by atoms with Gasteiger partial charge in [-0.25, -0.2) is 4.98 Å². The van der Waals surface area contributed by atoms with Crippen LogP contribution in [0.15, 0.2) is 23.3 Å². The summed E-state index contributed by atoms with van der Waals surface area (Å²) in [6.07, 6.45) is 7.53. The third-order valence-corrected chi connectivity index (χ3v) is 3.89. The molecule has 2 heterocycles. The molecule has 1 saturated heterocycles. The number of imidazole rings is 1. The van der Waals surface area contributed by atoms with E-state index in [-0.39, 0.29) is 17.4 Å². The summed E-state index contributed by atoms with van der Waals surface area (Å²) >= 11 is 0. The number of likely N-dealkylation sites (tertiary alicyclic amines) is 1. The van der Waals surface area contributed by atoms with Gasteiger partial charge >= 0.3 is 0 Å². The van der Waals surface area contributed by atoms with Crippen molar-refractivity contribution in [1.82, 2.24) is 20.2 Å². The van der Waals surface area contributed by atoms with E-state index in [1.165, 1.54) is 32.1 Å². The minimum Gasteiger partial charge on any atom is -0.374 e. The molecular weight excluding hydrogens is 320 g/mol. The lowest BCUT2D eigenvalue weighted by atomic mass is 10.3. The van der Waals surface area contributed by atoms with Crippen LogP contribution in [0.2, 0.25) is 0 Å². The molecule has 0 unspecified atom stereocenters. The van der Waals surface area contributed by atoms with Crippen LogP contribution in [0.25, 0.3) is 0 Å². The topological polar surface area (TPSA) is 106 Å². The fraction of sp³-hybridized carbons (Fsp3) is 0.529. The maximum absolute atomic E-state index is 11.8. The van der Waals surface area contributed by atoms with E-state index < -0.39 is 0 Å². The fourth-order valence-electron chi connectivity index (χ4n) is 2.49. The highest BCUT2D eigenvalue weighted by atomic mass is 16.5. The summed E-state index contributed by atoms with van der Waals surface area (Å²) in [6, 6.07) is 1.89. The van der Waals surface area contributed by atoms with E-state index >= 15 is 0 Å². The maximum atomic E-state index is 11.8. The number of aromatic nitrogens is 2. The van der Waals surface area contributed by atoms with Crippen LogP contribution in [-0.4, -0.2) is 72.9 Å². The Hall–Kier alpha value is -2.50. The largest absolute Gasteiger partial charge is 0.374 e.